The van der Waals surface area contributed by atoms with E-state index in [1.165, 1.54) is 0 Å². The Hall–Kier alpha value is -3.91. The normalized spacial score (nSPS) is 16.8. The first kappa shape index (κ1) is 25.4. The van der Waals surface area contributed by atoms with Gasteiger partial charge in [-0.2, -0.15) is 0 Å². The van der Waals surface area contributed by atoms with Gasteiger partial charge in [0.2, 0.25) is 0 Å². The Bertz CT molecular complexity index is 1750. The number of rotatable bonds is 6. The SMILES string of the molecule is O=C1CCCCCc2oc(=O)c(C(c3cccc(NS(=O)(=O)c4ccc5ccccc5c4)c3)C3CC3)c(O)c21. The van der Waals surface area contributed by atoms with Gasteiger partial charge in [0.05, 0.1) is 16.0 Å². The van der Waals surface area contributed by atoms with Crippen molar-refractivity contribution in [3.63, 3.8) is 0 Å². The maximum atomic E-state index is 13.3. The fourth-order valence-electron chi connectivity index (χ4n) is 5.64. The van der Waals surface area contributed by atoms with Crippen molar-refractivity contribution < 1.29 is 22.7 Å². The van der Waals surface area contributed by atoms with Gasteiger partial charge in [-0.15, -0.1) is 0 Å². The zero-order chi connectivity index (χ0) is 27.1. The van der Waals surface area contributed by atoms with Gasteiger partial charge in [0, 0.05) is 24.4 Å². The van der Waals surface area contributed by atoms with Crippen LogP contribution in [0.2, 0.25) is 0 Å². The zero-order valence-electron chi connectivity index (χ0n) is 21.4. The third-order valence-electron chi connectivity index (χ3n) is 7.73. The predicted molar refractivity (Wildman–Crippen MR) is 149 cm³/mol. The molecule has 39 heavy (non-hydrogen) atoms. The van der Waals surface area contributed by atoms with Crippen LogP contribution in [0.15, 0.2) is 80.8 Å². The molecule has 1 aromatic heterocycles. The van der Waals surface area contributed by atoms with Crippen LogP contribution in [0.5, 0.6) is 5.75 Å². The molecule has 0 amide bonds. The number of Topliss-reactive ketones (excluding diaryl/α,β-unsaturated/α-hetero) is 1. The quantitative estimate of drug-likeness (QED) is 0.302. The van der Waals surface area contributed by atoms with E-state index in [4.69, 9.17) is 4.42 Å². The summed E-state index contributed by atoms with van der Waals surface area (Å²) in [7, 11) is -3.88. The highest BCUT2D eigenvalue weighted by atomic mass is 32.2. The second kappa shape index (κ2) is 10.0. The summed E-state index contributed by atoms with van der Waals surface area (Å²) in [6.07, 6.45) is 4.82. The average Bonchev–Trinajstić information content (AvgIpc) is 3.74. The second-order valence-corrected chi connectivity index (χ2v) is 12.2. The number of hydrogen-bond donors (Lipinski definition) is 2. The van der Waals surface area contributed by atoms with Crippen molar-refractivity contribution >= 4 is 32.3 Å². The number of carbonyl (C=O) groups excluding carboxylic acids is 1. The summed E-state index contributed by atoms with van der Waals surface area (Å²) in [5, 5.41) is 13.1. The first-order valence-electron chi connectivity index (χ1n) is 13.4. The monoisotopic (exact) mass is 543 g/mol. The van der Waals surface area contributed by atoms with E-state index in [9.17, 15) is 23.1 Å². The van der Waals surface area contributed by atoms with Crippen LogP contribution in [0.4, 0.5) is 5.69 Å². The topological polar surface area (TPSA) is 114 Å². The van der Waals surface area contributed by atoms with Gasteiger partial charge >= 0.3 is 5.63 Å². The Morgan fingerprint density at radius 2 is 1.64 bits per heavy atom. The summed E-state index contributed by atoms with van der Waals surface area (Å²) in [5.41, 5.74) is 0.594. The molecule has 1 saturated carbocycles. The number of aromatic hydroxyl groups is 1. The van der Waals surface area contributed by atoms with Gasteiger partial charge in [-0.3, -0.25) is 9.52 Å². The fraction of sp³-hybridized carbons (Fsp3) is 0.290. The Balaban J connectivity index is 1.37. The van der Waals surface area contributed by atoms with Gasteiger partial charge in [-0.05, 0) is 72.2 Å². The lowest BCUT2D eigenvalue weighted by atomic mass is 9.85. The summed E-state index contributed by atoms with van der Waals surface area (Å²) < 4.78 is 34.8. The summed E-state index contributed by atoms with van der Waals surface area (Å²) in [5.74, 6) is -0.675. The summed E-state index contributed by atoms with van der Waals surface area (Å²) in [6.45, 7) is 0. The van der Waals surface area contributed by atoms with Crippen LogP contribution in [0.3, 0.4) is 0 Å². The third kappa shape index (κ3) is 4.96. The van der Waals surface area contributed by atoms with Crippen molar-refractivity contribution in [2.75, 3.05) is 4.72 Å². The molecule has 0 bridgehead atoms. The first-order valence-corrected chi connectivity index (χ1v) is 14.8. The van der Waals surface area contributed by atoms with E-state index in [1.54, 1.807) is 36.4 Å². The molecule has 2 aliphatic carbocycles. The summed E-state index contributed by atoms with van der Waals surface area (Å²) in [6, 6.07) is 19.4. The number of sulfonamides is 1. The molecular weight excluding hydrogens is 514 g/mol. The van der Waals surface area contributed by atoms with Crippen LogP contribution in [0.25, 0.3) is 10.8 Å². The minimum absolute atomic E-state index is 0.0767. The number of anilines is 1. The number of ketones is 1. The van der Waals surface area contributed by atoms with Gasteiger partial charge in [-0.1, -0.05) is 48.9 Å². The first-order chi connectivity index (χ1) is 18.8. The molecule has 4 aromatic rings. The number of hydrogen-bond acceptors (Lipinski definition) is 6. The molecule has 2 aliphatic rings. The lowest BCUT2D eigenvalue weighted by Crippen LogP contribution is -2.21. The number of aryl methyl sites for hydroxylation is 1. The highest BCUT2D eigenvalue weighted by molar-refractivity contribution is 7.92. The summed E-state index contributed by atoms with van der Waals surface area (Å²) in [4.78, 5) is 26.3. The number of nitrogens with one attached hydrogen (secondary N) is 1. The van der Waals surface area contributed by atoms with Crippen LogP contribution < -0.4 is 10.3 Å². The summed E-state index contributed by atoms with van der Waals surface area (Å²) >= 11 is 0. The van der Waals surface area contributed by atoms with Gasteiger partial charge in [0.1, 0.15) is 11.5 Å². The number of fused-ring (bicyclic) bond motifs is 2. The van der Waals surface area contributed by atoms with Crippen LogP contribution in [0, 0.1) is 5.92 Å². The molecule has 7 nitrogen and oxygen atoms in total. The van der Waals surface area contributed by atoms with Crippen molar-refractivity contribution in [1.29, 1.82) is 0 Å². The molecule has 1 unspecified atom stereocenters. The van der Waals surface area contributed by atoms with Gasteiger partial charge in [0.25, 0.3) is 10.0 Å². The molecule has 0 radical (unpaired) electrons. The lowest BCUT2D eigenvalue weighted by Gasteiger charge is -2.21. The lowest BCUT2D eigenvalue weighted by molar-refractivity contribution is 0.0968. The third-order valence-corrected chi connectivity index (χ3v) is 9.11. The average molecular weight is 544 g/mol. The maximum Gasteiger partial charge on any atom is 0.343 e. The van der Waals surface area contributed by atoms with Crippen molar-refractivity contribution in [1.82, 2.24) is 0 Å². The van der Waals surface area contributed by atoms with Crippen LogP contribution in [-0.2, 0) is 16.4 Å². The van der Waals surface area contributed by atoms with Crippen molar-refractivity contribution in [3.8, 4) is 5.75 Å². The van der Waals surface area contributed by atoms with Gasteiger partial charge in [-0.25, -0.2) is 13.2 Å². The van der Waals surface area contributed by atoms with Crippen molar-refractivity contribution in [3.05, 3.63) is 99.6 Å². The van der Waals surface area contributed by atoms with E-state index in [1.807, 2.05) is 30.3 Å². The van der Waals surface area contributed by atoms with E-state index in [0.29, 0.717) is 24.1 Å². The molecule has 2 N–H and O–H groups in total. The van der Waals surface area contributed by atoms with Crippen LogP contribution >= 0.6 is 0 Å². The van der Waals surface area contributed by atoms with E-state index < -0.39 is 21.6 Å². The standard InChI is InChI=1S/C31H29NO6S/c33-25-11-2-1-3-12-26-28(25)30(34)29(31(35)38-26)27(20-13-14-20)22-9-6-10-23(17-22)32-39(36,37)24-16-15-19-7-4-5-8-21(19)18-24/h4-10,15-18,20,27,32,34H,1-3,11-14H2. The van der Waals surface area contributed by atoms with E-state index >= 15 is 0 Å². The van der Waals surface area contributed by atoms with Crippen molar-refractivity contribution in [2.45, 2.75) is 55.8 Å². The zero-order valence-corrected chi connectivity index (χ0v) is 22.2. The maximum absolute atomic E-state index is 13.3. The van der Waals surface area contributed by atoms with E-state index in [-0.39, 0.29) is 39.2 Å². The number of carbonyl (C=O) groups is 1. The Labute approximate surface area is 226 Å². The Kier molecular flexibility index (Phi) is 6.51. The minimum Gasteiger partial charge on any atom is -0.506 e. The molecule has 0 saturated heterocycles. The van der Waals surface area contributed by atoms with Crippen LogP contribution in [-0.4, -0.2) is 19.3 Å². The molecule has 0 aliphatic heterocycles. The molecule has 3 aromatic carbocycles. The van der Waals surface area contributed by atoms with Gasteiger partial charge in [0.15, 0.2) is 5.78 Å². The largest absolute Gasteiger partial charge is 0.506 e. The molecule has 6 rings (SSSR count). The fourth-order valence-corrected chi connectivity index (χ4v) is 6.72. The molecule has 1 heterocycles. The highest BCUT2D eigenvalue weighted by Crippen LogP contribution is 2.49. The molecular formula is C31H29NO6S. The second-order valence-electron chi connectivity index (χ2n) is 10.5. The van der Waals surface area contributed by atoms with E-state index in [2.05, 4.69) is 4.72 Å². The van der Waals surface area contributed by atoms with Gasteiger partial charge < -0.3 is 9.52 Å². The van der Waals surface area contributed by atoms with E-state index in [0.717, 1.165) is 42.9 Å². The smallest absolute Gasteiger partial charge is 0.343 e. The molecule has 1 atom stereocenters. The molecule has 1 fully saturated rings. The Morgan fingerprint density at radius 1 is 0.872 bits per heavy atom. The molecule has 8 heteroatoms. The number of benzene rings is 3. The molecule has 200 valence electrons. The minimum atomic E-state index is -3.88. The van der Waals surface area contributed by atoms with Crippen LogP contribution in [0.1, 0.15) is 71.7 Å². The highest BCUT2D eigenvalue weighted by Gasteiger charge is 2.39. The Morgan fingerprint density at radius 3 is 2.44 bits per heavy atom. The predicted octanol–water partition coefficient (Wildman–Crippen LogP) is 6.14. The van der Waals surface area contributed by atoms with Crippen molar-refractivity contribution in [2.24, 2.45) is 5.92 Å². The molecule has 0 spiro atoms.